The molecule has 0 aromatic heterocycles. The molecule has 0 bridgehead atoms. The van der Waals surface area contributed by atoms with Crippen molar-refractivity contribution in [3.05, 3.63) is 24.3 Å². The molecular formula is C13H24Cl2IrOP. The summed E-state index contributed by atoms with van der Waals surface area (Å²) in [5, 5.41) is 0. The number of allylic oxidation sites excluding steroid dienone is 4. The fourth-order valence-corrected chi connectivity index (χ4v) is 3.09. The van der Waals surface area contributed by atoms with E-state index in [4.69, 9.17) is 19.2 Å². The zero-order valence-electron chi connectivity index (χ0n) is 11.5. The van der Waals surface area contributed by atoms with Gasteiger partial charge in [0.05, 0.1) is 0 Å². The van der Waals surface area contributed by atoms with Gasteiger partial charge in [0.25, 0.3) is 0 Å². The van der Waals surface area contributed by atoms with Crippen LogP contribution in [0.5, 0.6) is 0 Å². The third-order valence-electron chi connectivity index (χ3n) is 1.74. The van der Waals surface area contributed by atoms with Gasteiger partial charge in [-0.15, -0.1) is 6.42 Å². The molecule has 0 aromatic carbocycles. The number of rotatable bonds is 4. The molecule has 18 heavy (non-hydrogen) atoms. The Labute approximate surface area is 130 Å². The standard InChI is InChI=1S/C8H19OP.C5H5.2ClH.Ir/c1-7(2)5-10(9)6-8(3)4;1-2-4-5-3-1;;;/h7-9H,5-6H2,1-4H3;1-3H,4H2;2*1H;/q;-1;;;+3/p-2. The monoisotopic (exact) mass is 490 g/mol. The van der Waals surface area contributed by atoms with E-state index in [1.165, 1.54) is 0 Å². The van der Waals surface area contributed by atoms with Crippen LogP contribution in [0.15, 0.2) is 18.2 Å². The van der Waals surface area contributed by atoms with Crippen LogP contribution in [0.2, 0.25) is 0 Å². The molecule has 0 aliphatic heterocycles. The summed E-state index contributed by atoms with van der Waals surface area (Å²) in [6.07, 6.45) is 12.0. The van der Waals surface area contributed by atoms with Crippen molar-refractivity contribution in [2.24, 2.45) is 11.8 Å². The molecule has 0 atom stereocenters. The first-order valence-corrected chi connectivity index (χ1v) is 13.5. The summed E-state index contributed by atoms with van der Waals surface area (Å²) in [5.41, 5.74) is 0. The Kier molecular flexibility index (Phi) is 19.2. The number of hydrogen-bond donors (Lipinski definition) is 1. The van der Waals surface area contributed by atoms with Gasteiger partial charge in [-0.2, -0.15) is 6.08 Å². The van der Waals surface area contributed by atoms with Crippen LogP contribution in [-0.4, -0.2) is 17.2 Å². The van der Waals surface area contributed by atoms with Crippen molar-refractivity contribution in [3.63, 3.8) is 0 Å². The minimum absolute atomic E-state index is 0.556. The van der Waals surface area contributed by atoms with Gasteiger partial charge in [-0.3, -0.25) is 6.08 Å². The molecule has 5 heteroatoms. The fraction of sp³-hybridized carbons (Fsp3) is 0.692. The molecule has 1 rings (SSSR count). The fourth-order valence-electron chi connectivity index (χ4n) is 1.26. The number of halogens is 2. The molecule has 1 nitrogen and oxygen atoms in total. The quantitative estimate of drug-likeness (QED) is 0.415. The molecule has 0 amide bonds. The summed E-state index contributed by atoms with van der Waals surface area (Å²) in [7, 11) is 9.12. The van der Waals surface area contributed by atoms with E-state index in [0.29, 0.717) is 11.8 Å². The summed E-state index contributed by atoms with van der Waals surface area (Å²) < 4.78 is 0. The van der Waals surface area contributed by atoms with Crippen LogP contribution in [0.25, 0.3) is 0 Å². The normalized spacial score (nSPS) is 12.8. The molecule has 110 valence electrons. The Morgan fingerprint density at radius 3 is 1.83 bits per heavy atom. The summed E-state index contributed by atoms with van der Waals surface area (Å²) >= 11 is -0.556. The van der Waals surface area contributed by atoms with Crippen molar-refractivity contribution in [2.45, 2.75) is 34.1 Å². The van der Waals surface area contributed by atoms with Crippen LogP contribution < -0.4 is 0 Å². The Hall–Kier alpha value is 1.10. The maximum atomic E-state index is 9.45. The van der Waals surface area contributed by atoms with Gasteiger partial charge in [-0.25, -0.2) is 12.2 Å². The first-order valence-electron chi connectivity index (χ1n) is 5.93. The molecule has 1 N–H and O–H groups in total. The Morgan fingerprint density at radius 2 is 1.67 bits per heavy atom. The zero-order valence-corrected chi connectivity index (χ0v) is 16.3. The van der Waals surface area contributed by atoms with E-state index in [2.05, 4.69) is 39.8 Å². The molecule has 0 heterocycles. The Bertz CT molecular complexity index is 201. The van der Waals surface area contributed by atoms with E-state index >= 15 is 0 Å². The van der Waals surface area contributed by atoms with Gasteiger partial charge < -0.3 is 4.89 Å². The summed E-state index contributed by atoms with van der Waals surface area (Å²) in [4.78, 5) is 9.45. The van der Waals surface area contributed by atoms with Crippen LogP contribution in [0, 0.1) is 17.9 Å². The Balaban J connectivity index is 0. The van der Waals surface area contributed by atoms with Crippen LogP contribution >= 0.6 is 27.3 Å². The second kappa shape index (κ2) is 16.2. The van der Waals surface area contributed by atoms with Gasteiger partial charge in [0.2, 0.25) is 0 Å². The topological polar surface area (TPSA) is 20.2 Å². The molecule has 0 unspecified atom stereocenters. The third-order valence-corrected chi connectivity index (χ3v) is 4.04. The predicted molar refractivity (Wildman–Crippen MR) is 81.8 cm³/mol. The molecular weight excluding hydrogens is 466 g/mol. The van der Waals surface area contributed by atoms with Crippen LogP contribution in [0.4, 0.5) is 0 Å². The first kappa shape index (κ1) is 21.4. The van der Waals surface area contributed by atoms with Gasteiger partial charge in [0, 0.05) is 8.15 Å². The van der Waals surface area contributed by atoms with E-state index in [1.54, 1.807) is 0 Å². The van der Waals surface area contributed by atoms with E-state index < -0.39 is 23.8 Å². The van der Waals surface area contributed by atoms with Crippen molar-refractivity contribution in [2.75, 3.05) is 12.3 Å². The van der Waals surface area contributed by atoms with Crippen LogP contribution in [0.3, 0.4) is 0 Å². The molecule has 0 saturated carbocycles. The average Bonchev–Trinajstić information content (AvgIpc) is 2.72. The van der Waals surface area contributed by atoms with E-state index in [9.17, 15) is 4.89 Å². The SMILES string of the molecule is CC(C)CP(O)CC(C)C.[C-]1=CC=CC1.[Cl][Ir+][Cl]. The second-order valence-electron chi connectivity index (χ2n) is 4.71. The summed E-state index contributed by atoms with van der Waals surface area (Å²) in [6.45, 7) is 8.63. The molecule has 0 radical (unpaired) electrons. The van der Waals surface area contributed by atoms with Crippen molar-refractivity contribution in [3.8, 4) is 0 Å². The maximum absolute atomic E-state index is 9.45. The average molecular weight is 490 g/mol. The number of hydrogen-bond acceptors (Lipinski definition) is 1. The van der Waals surface area contributed by atoms with Crippen LogP contribution in [-0.2, 0) is 15.7 Å². The molecule has 0 fully saturated rings. The molecule has 1 aliphatic carbocycles. The van der Waals surface area contributed by atoms with E-state index in [0.717, 1.165) is 18.7 Å². The van der Waals surface area contributed by atoms with Gasteiger partial charge in [-0.1, -0.05) is 27.7 Å². The molecule has 0 spiro atoms. The second-order valence-corrected chi connectivity index (χ2v) is 9.91. The van der Waals surface area contributed by atoms with Crippen molar-refractivity contribution >= 4 is 27.3 Å². The summed E-state index contributed by atoms with van der Waals surface area (Å²) in [5.74, 6) is 1.30. The van der Waals surface area contributed by atoms with Crippen molar-refractivity contribution in [1.29, 1.82) is 0 Å². The van der Waals surface area contributed by atoms with E-state index in [1.807, 2.05) is 12.2 Å². The van der Waals surface area contributed by atoms with Crippen LogP contribution in [0.1, 0.15) is 34.1 Å². The molecule has 1 aliphatic rings. The zero-order chi connectivity index (χ0) is 14.4. The van der Waals surface area contributed by atoms with Gasteiger partial charge in [-0.05, 0) is 24.2 Å². The van der Waals surface area contributed by atoms with Gasteiger partial charge >= 0.3 is 34.8 Å². The molecule has 0 aromatic rings. The third kappa shape index (κ3) is 22.3. The Morgan fingerprint density at radius 1 is 1.22 bits per heavy atom. The first-order chi connectivity index (χ1) is 8.43. The molecule has 0 saturated heterocycles. The summed E-state index contributed by atoms with van der Waals surface area (Å²) in [6, 6.07) is 0. The van der Waals surface area contributed by atoms with Crippen molar-refractivity contribution < 1.29 is 20.6 Å². The minimum atomic E-state index is -0.659. The van der Waals surface area contributed by atoms with Gasteiger partial charge in [0.1, 0.15) is 0 Å². The van der Waals surface area contributed by atoms with Crippen molar-refractivity contribution in [1.82, 2.24) is 0 Å². The van der Waals surface area contributed by atoms with Gasteiger partial charge in [0.15, 0.2) is 0 Å². The predicted octanol–water partition coefficient (Wildman–Crippen LogP) is 5.37. The van der Waals surface area contributed by atoms with E-state index in [-0.39, 0.29) is 0 Å².